The summed E-state index contributed by atoms with van der Waals surface area (Å²) in [7, 11) is 0. The van der Waals surface area contributed by atoms with Crippen molar-refractivity contribution < 1.29 is 4.74 Å². The molecule has 0 atom stereocenters. The molecule has 7 heteroatoms. The number of nitrogens with one attached hydrogen (secondary N) is 1. The minimum Gasteiger partial charge on any atom is -0.370 e. The minimum atomic E-state index is -0.271. The van der Waals surface area contributed by atoms with Crippen LogP contribution in [0, 0.1) is 11.3 Å². The van der Waals surface area contributed by atoms with Crippen LogP contribution in [0.25, 0.3) is 0 Å². The number of rotatable bonds is 5. The SMILES string of the molecule is CCCCc1nc(N2CCN(C(=S)Nc3ccccc3)CC2)c(C#N)c2c1COC(C)(C)C2. The van der Waals surface area contributed by atoms with Crippen molar-refractivity contribution in [1.82, 2.24) is 9.88 Å². The molecular weight excluding hydrogens is 430 g/mol. The second-order valence-corrected chi connectivity index (χ2v) is 9.81. The number of fused-ring (bicyclic) bond motifs is 1. The van der Waals surface area contributed by atoms with Crippen LogP contribution in [0.1, 0.15) is 56.0 Å². The normalized spacial score (nSPS) is 17.3. The van der Waals surface area contributed by atoms with Gasteiger partial charge in [-0.3, -0.25) is 0 Å². The molecule has 0 saturated carbocycles. The standard InChI is InChI=1S/C26H33N5OS/c1-4-5-11-23-22-18-32-26(2,3)16-20(22)21(17-27)24(29-23)30-12-14-31(15-13-30)25(33)28-19-9-7-6-8-10-19/h6-10H,4-5,11-16,18H2,1-3H3,(H,28,33). The van der Waals surface area contributed by atoms with E-state index in [2.05, 4.69) is 42.0 Å². The highest BCUT2D eigenvalue weighted by Gasteiger charge is 2.33. The molecule has 0 amide bonds. The fraction of sp³-hybridized carbons (Fsp3) is 0.500. The van der Waals surface area contributed by atoms with Gasteiger partial charge in [-0.15, -0.1) is 0 Å². The average Bonchev–Trinajstić information content (AvgIpc) is 2.82. The van der Waals surface area contributed by atoms with Gasteiger partial charge < -0.3 is 19.9 Å². The van der Waals surface area contributed by atoms with Crippen LogP contribution in [0.3, 0.4) is 0 Å². The van der Waals surface area contributed by atoms with Gasteiger partial charge in [-0.2, -0.15) is 5.26 Å². The molecule has 0 spiro atoms. The predicted molar refractivity (Wildman–Crippen MR) is 137 cm³/mol. The lowest BCUT2D eigenvalue weighted by Crippen LogP contribution is -2.50. The Morgan fingerprint density at radius 3 is 2.58 bits per heavy atom. The smallest absolute Gasteiger partial charge is 0.173 e. The second kappa shape index (κ2) is 10.1. The lowest BCUT2D eigenvalue weighted by Gasteiger charge is -2.39. The zero-order valence-electron chi connectivity index (χ0n) is 19.9. The summed E-state index contributed by atoms with van der Waals surface area (Å²) >= 11 is 5.65. The minimum absolute atomic E-state index is 0.271. The van der Waals surface area contributed by atoms with Crippen molar-refractivity contribution in [1.29, 1.82) is 5.26 Å². The van der Waals surface area contributed by atoms with Gasteiger partial charge in [0.25, 0.3) is 0 Å². The number of para-hydroxylation sites is 1. The van der Waals surface area contributed by atoms with Crippen molar-refractivity contribution in [2.45, 2.75) is 58.7 Å². The first kappa shape index (κ1) is 23.5. The number of anilines is 2. The topological polar surface area (TPSA) is 64.4 Å². The van der Waals surface area contributed by atoms with E-state index in [9.17, 15) is 5.26 Å². The third-order valence-corrected chi connectivity index (χ3v) is 6.82. The number of hydrogen-bond acceptors (Lipinski definition) is 5. The molecular formula is C26H33N5OS. The summed E-state index contributed by atoms with van der Waals surface area (Å²) in [5.74, 6) is 0.835. The highest BCUT2D eigenvalue weighted by molar-refractivity contribution is 7.80. The lowest BCUT2D eigenvalue weighted by molar-refractivity contribution is -0.0407. The van der Waals surface area contributed by atoms with E-state index in [0.717, 1.165) is 90.9 Å². The summed E-state index contributed by atoms with van der Waals surface area (Å²) in [6.07, 6.45) is 3.86. The van der Waals surface area contributed by atoms with E-state index in [1.54, 1.807) is 0 Å². The van der Waals surface area contributed by atoms with Gasteiger partial charge >= 0.3 is 0 Å². The Morgan fingerprint density at radius 1 is 1.18 bits per heavy atom. The first-order chi connectivity index (χ1) is 15.9. The maximum absolute atomic E-state index is 10.1. The first-order valence-electron chi connectivity index (χ1n) is 11.9. The van der Waals surface area contributed by atoms with Crippen molar-refractivity contribution in [2.75, 3.05) is 36.4 Å². The third kappa shape index (κ3) is 5.29. The van der Waals surface area contributed by atoms with Crippen LogP contribution < -0.4 is 10.2 Å². The van der Waals surface area contributed by atoms with Crippen LogP contribution >= 0.6 is 12.2 Å². The molecule has 4 rings (SSSR count). The summed E-state index contributed by atoms with van der Waals surface area (Å²) in [5, 5.41) is 14.2. The number of aryl methyl sites for hydroxylation is 1. The van der Waals surface area contributed by atoms with E-state index in [1.165, 1.54) is 0 Å². The molecule has 2 aliphatic heterocycles. The number of nitriles is 1. The molecule has 33 heavy (non-hydrogen) atoms. The molecule has 1 aromatic carbocycles. The fourth-order valence-corrected chi connectivity index (χ4v) is 4.86. The summed E-state index contributed by atoms with van der Waals surface area (Å²) in [5.41, 5.74) is 4.81. The maximum Gasteiger partial charge on any atom is 0.173 e. The van der Waals surface area contributed by atoms with Gasteiger partial charge in [0.05, 0.1) is 17.8 Å². The number of benzene rings is 1. The zero-order valence-corrected chi connectivity index (χ0v) is 20.7. The van der Waals surface area contributed by atoms with Crippen LogP contribution in [-0.4, -0.2) is 46.8 Å². The van der Waals surface area contributed by atoms with Crippen molar-refractivity contribution in [3.8, 4) is 6.07 Å². The van der Waals surface area contributed by atoms with Crippen molar-refractivity contribution >= 4 is 28.8 Å². The van der Waals surface area contributed by atoms with Gasteiger partial charge in [-0.1, -0.05) is 31.5 Å². The number of piperazine rings is 1. The van der Waals surface area contributed by atoms with Gasteiger partial charge in [0, 0.05) is 49.5 Å². The quantitative estimate of drug-likeness (QED) is 0.647. The Bertz CT molecular complexity index is 1040. The van der Waals surface area contributed by atoms with E-state index in [0.29, 0.717) is 6.61 Å². The lowest BCUT2D eigenvalue weighted by atomic mass is 9.87. The number of unbranched alkanes of at least 4 members (excludes halogenated alkanes) is 1. The van der Waals surface area contributed by atoms with Gasteiger partial charge in [0.15, 0.2) is 5.11 Å². The molecule has 0 radical (unpaired) electrons. The molecule has 2 aromatic rings. The van der Waals surface area contributed by atoms with E-state index in [1.807, 2.05) is 30.3 Å². The Hall–Kier alpha value is -2.69. The summed E-state index contributed by atoms with van der Waals surface area (Å²) in [4.78, 5) is 9.51. The number of thiocarbonyl (C=S) groups is 1. The molecule has 3 heterocycles. The molecule has 1 saturated heterocycles. The molecule has 1 N–H and O–H groups in total. The Balaban J connectivity index is 1.55. The number of hydrogen-bond donors (Lipinski definition) is 1. The summed E-state index contributed by atoms with van der Waals surface area (Å²) in [6.45, 7) is 10.1. The highest BCUT2D eigenvalue weighted by atomic mass is 32.1. The monoisotopic (exact) mass is 463 g/mol. The number of ether oxygens (including phenoxy) is 1. The molecule has 1 aromatic heterocycles. The van der Waals surface area contributed by atoms with Gasteiger partial charge in [0.2, 0.25) is 0 Å². The number of pyridine rings is 1. The average molecular weight is 464 g/mol. The summed E-state index contributed by atoms with van der Waals surface area (Å²) in [6, 6.07) is 12.5. The van der Waals surface area contributed by atoms with E-state index >= 15 is 0 Å². The van der Waals surface area contributed by atoms with Gasteiger partial charge in [-0.05, 0) is 56.6 Å². The number of nitrogens with zero attached hydrogens (tertiary/aromatic N) is 4. The molecule has 0 aliphatic carbocycles. The predicted octanol–water partition coefficient (Wildman–Crippen LogP) is 4.67. The van der Waals surface area contributed by atoms with E-state index < -0.39 is 0 Å². The molecule has 2 aliphatic rings. The summed E-state index contributed by atoms with van der Waals surface area (Å²) < 4.78 is 6.10. The molecule has 0 bridgehead atoms. The maximum atomic E-state index is 10.1. The first-order valence-corrected chi connectivity index (χ1v) is 12.3. The van der Waals surface area contributed by atoms with Gasteiger partial charge in [-0.25, -0.2) is 4.98 Å². The molecule has 174 valence electrons. The largest absolute Gasteiger partial charge is 0.370 e. The Kier molecular flexibility index (Phi) is 7.16. The van der Waals surface area contributed by atoms with Crippen LogP contribution in [0.15, 0.2) is 30.3 Å². The van der Waals surface area contributed by atoms with Crippen LogP contribution in [0.2, 0.25) is 0 Å². The van der Waals surface area contributed by atoms with Crippen molar-refractivity contribution in [3.05, 3.63) is 52.7 Å². The Labute approximate surface area is 202 Å². The van der Waals surface area contributed by atoms with Crippen LogP contribution in [-0.2, 0) is 24.2 Å². The molecule has 0 unspecified atom stereocenters. The second-order valence-electron chi connectivity index (χ2n) is 9.42. The van der Waals surface area contributed by atoms with E-state index in [4.69, 9.17) is 21.9 Å². The van der Waals surface area contributed by atoms with Crippen LogP contribution in [0.4, 0.5) is 11.5 Å². The Morgan fingerprint density at radius 2 is 1.91 bits per heavy atom. The fourth-order valence-electron chi connectivity index (χ4n) is 4.56. The number of aromatic nitrogens is 1. The highest BCUT2D eigenvalue weighted by Crippen LogP contribution is 2.36. The van der Waals surface area contributed by atoms with E-state index in [-0.39, 0.29) is 5.60 Å². The van der Waals surface area contributed by atoms with Crippen LogP contribution in [0.5, 0.6) is 0 Å². The van der Waals surface area contributed by atoms with Gasteiger partial charge in [0.1, 0.15) is 11.9 Å². The molecule has 1 fully saturated rings. The third-order valence-electron chi connectivity index (χ3n) is 6.46. The van der Waals surface area contributed by atoms with Crippen molar-refractivity contribution in [3.63, 3.8) is 0 Å². The zero-order chi connectivity index (χ0) is 23.4. The molecule has 6 nitrogen and oxygen atoms in total. The van der Waals surface area contributed by atoms with Crippen molar-refractivity contribution in [2.24, 2.45) is 0 Å².